The molecule has 0 amide bonds. The fourth-order valence-electron chi connectivity index (χ4n) is 4.00. The fourth-order valence-corrected chi connectivity index (χ4v) is 4.00. The zero-order valence-electron chi connectivity index (χ0n) is 18.0. The van der Waals surface area contributed by atoms with Crippen LogP contribution in [-0.4, -0.2) is 51.5 Å². The van der Waals surface area contributed by atoms with Crippen LogP contribution in [0.15, 0.2) is 53.9 Å². The molecule has 31 heavy (non-hydrogen) atoms. The average molecular weight is 415 g/mol. The Hall–Kier alpha value is -3.73. The molecule has 1 aromatic carbocycles. The van der Waals surface area contributed by atoms with Crippen LogP contribution in [-0.2, 0) is 0 Å². The summed E-state index contributed by atoms with van der Waals surface area (Å²) in [6, 6.07) is 10.00. The quantitative estimate of drug-likeness (QED) is 0.399. The van der Waals surface area contributed by atoms with Gasteiger partial charge in [-0.25, -0.2) is 4.98 Å². The third-order valence-electron chi connectivity index (χ3n) is 5.57. The largest absolute Gasteiger partial charge is 0.351 e. The van der Waals surface area contributed by atoms with E-state index in [1.807, 2.05) is 49.6 Å². The molecule has 8 nitrogen and oxygen atoms in total. The highest BCUT2D eigenvalue weighted by Crippen LogP contribution is 2.25. The zero-order chi connectivity index (χ0) is 21.8. The lowest BCUT2D eigenvalue weighted by Crippen LogP contribution is -2.58. The number of nitriles is 1. The summed E-state index contributed by atoms with van der Waals surface area (Å²) in [4.78, 5) is 22.0. The second-order valence-electron chi connectivity index (χ2n) is 8.01. The van der Waals surface area contributed by atoms with E-state index in [0.717, 1.165) is 47.7 Å². The normalized spacial score (nSPS) is 17.1. The number of aliphatic imine (C=N–C) groups is 1. The highest BCUT2D eigenvalue weighted by molar-refractivity contribution is 6.02. The number of anilines is 2. The summed E-state index contributed by atoms with van der Waals surface area (Å²) in [7, 11) is 0. The van der Waals surface area contributed by atoms with E-state index in [0.29, 0.717) is 11.9 Å². The van der Waals surface area contributed by atoms with Gasteiger partial charge in [0, 0.05) is 37.4 Å². The summed E-state index contributed by atoms with van der Waals surface area (Å²) in [5.74, 6) is 1.80. The van der Waals surface area contributed by atoms with Gasteiger partial charge in [-0.3, -0.25) is 9.97 Å². The molecular weight excluding hydrogens is 388 g/mol. The van der Waals surface area contributed by atoms with E-state index in [9.17, 15) is 5.26 Å². The van der Waals surface area contributed by atoms with Crippen molar-refractivity contribution < 1.29 is 0 Å². The lowest BCUT2D eigenvalue weighted by Gasteiger charge is -2.45. The summed E-state index contributed by atoms with van der Waals surface area (Å²) in [6.07, 6.45) is 7.33. The molecule has 1 atom stereocenters. The van der Waals surface area contributed by atoms with Crippen LogP contribution in [0.25, 0.3) is 10.9 Å². The van der Waals surface area contributed by atoms with Gasteiger partial charge in [0.1, 0.15) is 5.82 Å². The number of rotatable bonds is 3. The Morgan fingerprint density at radius 2 is 2.10 bits per heavy atom. The van der Waals surface area contributed by atoms with Crippen molar-refractivity contribution in [2.75, 3.05) is 29.9 Å². The molecule has 0 spiro atoms. The van der Waals surface area contributed by atoms with Crippen LogP contribution in [0.2, 0.25) is 0 Å². The van der Waals surface area contributed by atoms with Crippen molar-refractivity contribution in [2.45, 2.75) is 26.8 Å². The van der Waals surface area contributed by atoms with Crippen LogP contribution in [0.1, 0.15) is 19.5 Å². The molecule has 4 rings (SSSR count). The molecule has 1 fully saturated rings. The van der Waals surface area contributed by atoms with Crippen molar-refractivity contribution in [1.82, 2.24) is 19.9 Å². The number of hydrogen-bond acceptors (Lipinski definition) is 6. The minimum atomic E-state index is 0.156. The van der Waals surface area contributed by atoms with Gasteiger partial charge in [-0.05, 0) is 37.1 Å². The predicted molar refractivity (Wildman–Crippen MR) is 123 cm³/mol. The molecular formula is C23H26N8. The average Bonchev–Trinajstić information content (AvgIpc) is 2.78. The van der Waals surface area contributed by atoms with Gasteiger partial charge in [-0.15, -0.1) is 4.99 Å². The van der Waals surface area contributed by atoms with Gasteiger partial charge < -0.3 is 15.1 Å². The number of aromatic nitrogens is 3. The summed E-state index contributed by atoms with van der Waals surface area (Å²) in [5, 5.41) is 13.8. The van der Waals surface area contributed by atoms with Crippen LogP contribution in [0.4, 0.5) is 11.5 Å². The van der Waals surface area contributed by atoms with Crippen LogP contribution in [0.5, 0.6) is 0 Å². The molecule has 8 heteroatoms. The third kappa shape index (κ3) is 4.40. The predicted octanol–water partition coefficient (Wildman–Crippen LogP) is 3.43. The summed E-state index contributed by atoms with van der Waals surface area (Å²) < 4.78 is 0. The topological polar surface area (TPSA) is 93.3 Å². The van der Waals surface area contributed by atoms with E-state index in [1.54, 1.807) is 12.4 Å². The molecule has 158 valence electrons. The Balaban J connectivity index is 1.62. The van der Waals surface area contributed by atoms with E-state index in [1.165, 1.54) is 0 Å². The molecule has 0 aliphatic carbocycles. The Bertz CT molecular complexity index is 1130. The minimum Gasteiger partial charge on any atom is -0.351 e. The highest BCUT2D eigenvalue weighted by Gasteiger charge is 2.32. The molecule has 1 saturated heterocycles. The first kappa shape index (κ1) is 20.5. The third-order valence-corrected chi connectivity index (χ3v) is 5.57. The lowest BCUT2D eigenvalue weighted by atomic mass is 9.99. The van der Waals surface area contributed by atoms with Crippen molar-refractivity contribution in [3.05, 3.63) is 54.6 Å². The van der Waals surface area contributed by atoms with Gasteiger partial charge in [-0.1, -0.05) is 19.9 Å². The van der Waals surface area contributed by atoms with Crippen LogP contribution >= 0.6 is 0 Å². The van der Waals surface area contributed by atoms with E-state index in [4.69, 9.17) is 0 Å². The lowest BCUT2D eigenvalue weighted by molar-refractivity contribution is 0.224. The Kier molecular flexibility index (Phi) is 5.94. The first-order valence-corrected chi connectivity index (χ1v) is 10.4. The van der Waals surface area contributed by atoms with Crippen LogP contribution in [0.3, 0.4) is 0 Å². The Morgan fingerprint density at radius 3 is 2.87 bits per heavy atom. The monoisotopic (exact) mass is 414 g/mol. The molecule has 0 radical (unpaired) electrons. The maximum atomic E-state index is 9.40. The second-order valence-corrected chi connectivity index (χ2v) is 8.01. The smallest absolute Gasteiger partial charge is 0.214 e. The number of piperazine rings is 1. The zero-order valence-corrected chi connectivity index (χ0v) is 18.0. The van der Waals surface area contributed by atoms with Gasteiger partial charge >= 0.3 is 0 Å². The van der Waals surface area contributed by atoms with E-state index in [-0.39, 0.29) is 6.04 Å². The van der Waals surface area contributed by atoms with Crippen molar-refractivity contribution in [3.63, 3.8) is 0 Å². The number of aryl methyl sites for hydroxylation is 1. The number of guanidine groups is 1. The fraction of sp³-hybridized carbons (Fsp3) is 0.348. The van der Waals surface area contributed by atoms with Crippen molar-refractivity contribution >= 4 is 28.4 Å². The van der Waals surface area contributed by atoms with Gasteiger partial charge in [0.2, 0.25) is 12.2 Å². The second kappa shape index (κ2) is 8.96. The first-order chi connectivity index (χ1) is 15.1. The molecule has 0 bridgehead atoms. The van der Waals surface area contributed by atoms with Gasteiger partial charge in [0.25, 0.3) is 0 Å². The molecule has 3 aromatic rings. The molecule has 1 N–H and O–H groups in total. The molecule has 3 heterocycles. The summed E-state index contributed by atoms with van der Waals surface area (Å²) in [5.41, 5.74) is 2.68. The molecule has 1 unspecified atom stereocenters. The van der Waals surface area contributed by atoms with Gasteiger partial charge in [0.15, 0.2) is 0 Å². The Morgan fingerprint density at radius 1 is 1.23 bits per heavy atom. The molecule has 0 saturated carbocycles. The van der Waals surface area contributed by atoms with E-state index < -0.39 is 0 Å². The number of fused-ring (bicyclic) bond motifs is 1. The standard InChI is InChI=1S/C23H26N8/c1-16(2)21-14-30(22-13-25-12-17(3)28-22)10-11-31(21)23(27-15-24)29-20-8-4-7-19-18(20)6-5-9-26-19/h4-9,12-13,16,21H,10-11,14H2,1-3H3,(H,27,29). The number of hydrogen-bond donors (Lipinski definition) is 1. The van der Waals surface area contributed by atoms with Crippen molar-refractivity contribution in [2.24, 2.45) is 10.9 Å². The number of pyridine rings is 1. The van der Waals surface area contributed by atoms with Crippen LogP contribution in [0, 0.1) is 24.3 Å². The highest BCUT2D eigenvalue weighted by atomic mass is 15.4. The SMILES string of the molecule is Cc1cncc(N2CCN(/C(=N\C#N)Nc3cccc4ncccc34)C(C(C)C)C2)n1. The van der Waals surface area contributed by atoms with Crippen molar-refractivity contribution in [3.8, 4) is 6.19 Å². The number of benzene rings is 1. The maximum absolute atomic E-state index is 9.40. The first-order valence-electron chi connectivity index (χ1n) is 10.4. The number of nitrogens with one attached hydrogen (secondary N) is 1. The molecule has 1 aliphatic rings. The van der Waals surface area contributed by atoms with Crippen LogP contribution < -0.4 is 10.2 Å². The van der Waals surface area contributed by atoms with Crippen molar-refractivity contribution in [1.29, 1.82) is 5.26 Å². The maximum Gasteiger partial charge on any atom is 0.214 e. The minimum absolute atomic E-state index is 0.156. The van der Waals surface area contributed by atoms with E-state index >= 15 is 0 Å². The number of nitrogens with zero attached hydrogens (tertiary/aromatic N) is 7. The van der Waals surface area contributed by atoms with E-state index in [2.05, 4.69) is 48.9 Å². The van der Waals surface area contributed by atoms with Gasteiger partial charge in [-0.2, -0.15) is 5.26 Å². The molecule has 1 aliphatic heterocycles. The van der Waals surface area contributed by atoms with Gasteiger partial charge in [0.05, 0.1) is 29.1 Å². The summed E-state index contributed by atoms with van der Waals surface area (Å²) >= 11 is 0. The molecule has 2 aromatic heterocycles. The summed E-state index contributed by atoms with van der Waals surface area (Å²) in [6.45, 7) is 8.59. The Labute approximate surface area is 182 Å².